The lowest BCUT2D eigenvalue weighted by Crippen LogP contribution is -2.44. The van der Waals surface area contributed by atoms with Crippen LogP contribution in [0.25, 0.3) is 0 Å². The Bertz CT molecular complexity index is 242. The molecule has 92 valence electrons. The molecular weight excluding hydrogens is 200 g/mol. The Labute approximate surface area is 98.4 Å². The fraction of sp³-hybridized carbons (Fsp3) is 0.923. The number of hydrogen-bond donors (Lipinski definition) is 2. The van der Waals surface area contributed by atoms with Crippen LogP contribution in [-0.4, -0.2) is 25.5 Å². The third-order valence-corrected chi connectivity index (χ3v) is 4.26. The third-order valence-electron chi connectivity index (χ3n) is 4.26. The number of rotatable bonds is 5. The Balaban J connectivity index is 1.74. The monoisotopic (exact) mass is 224 g/mol. The summed E-state index contributed by atoms with van der Waals surface area (Å²) in [6, 6.07) is 0. The van der Waals surface area contributed by atoms with E-state index in [0.717, 1.165) is 26.1 Å². The molecule has 2 fully saturated rings. The van der Waals surface area contributed by atoms with E-state index in [1.54, 1.807) is 0 Å². The summed E-state index contributed by atoms with van der Waals surface area (Å²) in [5.74, 6) is 0.492. The van der Waals surface area contributed by atoms with E-state index in [9.17, 15) is 4.79 Å². The highest BCUT2D eigenvalue weighted by Gasteiger charge is 2.36. The zero-order valence-electron chi connectivity index (χ0n) is 10.3. The summed E-state index contributed by atoms with van der Waals surface area (Å²) in [6.45, 7) is 5.02. The molecule has 0 radical (unpaired) electrons. The fourth-order valence-electron chi connectivity index (χ4n) is 3.02. The normalized spacial score (nSPS) is 27.4. The number of carbonyl (C=O) groups excluding carboxylic acids is 1. The number of carbonyl (C=O) groups is 1. The van der Waals surface area contributed by atoms with E-state index in [1.807, 2.05) is 0 Å². The van der Waals surface area contributed by atoms with E-state index >= 15 is 0 Å². The molecule has 2 N–H and O–H groups in total. The fourth-order valence-corrected chi connectivity index (χ4v) is 3.02. The van der Waals surface area contributed by atoms with E-state index in [1.165, 1.54) is 32.1 Å². The minimum atomic E-state index is 0.221. The van der Waals surface area contributed by atoms with Gasteiger partial charge < -0.3 is 10.6 Å². The van der Waals surface area contributed by atoms with Crippen molar-refractivity contribution in [3.8, 4) is 0 Å². The lowest BCUT2D eigenvalue weighted by atomic mass is 9.66. The highest BCUT2D eigenvalue weighted by molar-refractivity contribution is 5.79. The molecule has 1 unspecified atom stereocenters. The SMILES string of the molecule is CCCC1(CNC(=O)C2CCNC2)CCC1. The maximum atomic E-state index is 11.9. The molecule has 0 spiro atoms. The molecule has 2 aliphatic rings. The van der Waals surface area contributed by atoms with E-state index < -0.39 is 0 Å². The van der Waals surface area contributed by atoms with E-state index in [-0.39, 0.29) is 11.8 Å². The first kappa shape index (κ1) is 11.9. The molecule has 1 saturated carbocycles. The minimum absolute atomic E-state index is 0.221. The van der Waals surface area contributed by atoms with Gasteiger partial charge >= 0.3 is 0 Å². The molecule has 0 aromatic carbocycles. The van der Waals surface area contributed by atoms with Crippen molar-refractivity contribution in [2.45, 2.75) is 45.4 Å². The maximum Gasteiger partial charge on any atom is 0.224 e. The van der Waals surface area contributed by atoms with Crippen LogP contribution in [0.1, 0.15) is 45.4 Å². The molecular formula is C13H24N2O. The molecule has 1 aliphatic carbocycles. The quantitative estimate of drug-likeness (QED) is 0.746. The minimum Gasteiger partial charge on any atom is -0.355 e. The topological polar surface area (TPSA) is 41.1 Å². The van der Waals surface area contributed by atoms with Gasteiger partial charge in [0.2, 0.25) is 5.91 Å². The van der Waals surface area contributed by atoms with E-state index in [2.05, 4.69) is 17.6 Å². The Kier molecular flexibility index (Phi) is 3.85. The van der Waals surface area contributed by atoms with Crippen LogP contribution in [-0.2, 0) is 4.79 Å². The van der Waals surface area contributed by atoms with Gasteiger partial charge in [-0.05, 0) is 37.6 Å². The number of hydrogen-bond acceptors (Lipinski definition) is 2. The van der Waals surface area contributed by atoms with Crippen molar-refractivity contribution in [2.75, 3.05) is 19.6 Å². The zero-order valence-corrected chi connectivity index (χ0v) is 10.3. The molecule has 1 saturated heterocycles. The number of amides is 1. The highest BCUT2D eigenvalue weighted by Crippen LogP contribution is 2.44. The average molecular weight is 224 g/mol. The highest BCUT2D eigenvalue weighted by atomic mass is 16.1. The van der Waals surface area contributed by atoms with Crippen LogP contribution in [0.15, 0.2) is 0 Å². The molecule has 0 aromatic rings. The van der Waals surface area contributed by atoms with Crippen molar-refractivity contribution in [3.05, 3.63) is 0 Å². The molecule has 1 amide bonds. The maximum absolute atomic E-state index is 11.9. The van der Waals surface area contributed by atoms with Gasteiger partial charge in [-0.15, -0.1) is 0 Å². The van der Waals surface area contributed by atoms with Crippen LogP contribution < -0.4 is 10.6 Å². The first-order chi connectivity index (χ1) is 7.76. The van der Waals surface area contributed by atoms with Crippen molar-refractivity contribution in [1.82, 2.24) is 10.6 Å². The third kappa shape index (κ3) is 2.57. The van der Waals surface area contributed by atoms with Crippen LogP contribution in [0.5, 0.6) is 0 Å². The summed E-state index contributed by atoms with van der Waals surface area (Å²) >= 11 is 0. The Morgan fingerprint density at radius 3 is 2.81 bits per heavy atom. The first-order valence-electron chi connectivity index (χ1n) is 6.74. The molecule has 2 rings (SSSR count). The van der Waals surface area contributed by atoms with Gasteiger partial charge in [0.1, 0.15) is 0 Å². The Hall–Kier alpha value is -0.570. The molecule has 1 atom stereocenters. The summed E-state index contributed by atoms with van der Waals surface area (Å²) in [6.07, 6.45) is 7.48. The van der Waals surface area contributed by atoms with Crippen LogP contribution >= 0.6 is 0 Å². The van der Waals surface area contributed by atoms with Gasteiger partial charge in [0, 0.05) is 13.1 Å². The average Bonchev–Trinajstić information content (AvgIpc) is 2.74. The van der Waals surface area contributed by atoms with Crippen molar-refractivity contribution < 1.29 is 4.79 Å². The standard InChI is InChI=1S/C13H24N2O/c1-2-5-13(6-3-7-13)10-15-12(16)11-4-8-14-9-11/h11,14H,2-10H2,1H3,(H,15,16). The van der Waals surface area contributed by atoms with Gasteiger partial charge in [-0.1, -0.05) is 19.8 Å². The summed E-state index contributed by atoms with van der Waals surface area (Å²) in [5, 5.41) is 6.42. The summed E-state index contributed by atoms with van der Waals surface area (Å²) in [4.78, 5) is 11.9. The van der Waals surface area contributed by atoms with Gasteiger partial charge in [-0.3, -0.25) is 4.79 Å². The predicted molar refractivity (Wildman–Crippen MR) is 65.2 cm³/mol. The lowest BCUT2D eigenvalue weighted by Gasteiger charge is -2.42. The molecule has 3 heteroatoms. The molecule has 3 nitrogen and oxygen atoms in total. The van der Waals surface area contributed by atoms with Crippen LogP contribution in [0, 0.1) is 11.3 Å². The van der Waals surface area contributed by atoms with Gasteiger partial charge in [0.15, 0.2) is 0 Å². The molecule has 0 bridgehead atoms. The van der Waals surface area contributed by atoms with Gasteiger partial charge in [-0.25, -0.2) is 0 Å². The van der Waals surface area contributed by atoms with Gasteiger partial charge in [-0.2, -0.15) is 0 Å². The van der Waals surface area contributed by atoms with Gasteiger partial charge in [0.05, 0.1) is 5.92 Å². The van der Waals surface area contributed by atoms with E-state index in [0.29, 0.717) is 5.41 Å². The second-order valence-electron chi connectivity index (χ2n) is 5.51. The second kappa shape index (κ2) is 5.17. The first-order valence-corrected chi connectivity index (χ1v) is 6.74. The molecule has 0 aromatic heterocycles. The predicted octanol–water partition coefficient (Wildman–Crippen LogP) is 1.68. The van der Waals surface area contributed by atoms with Crippen molar-refractivity contribution >= 4 is 5.91 Å². The van der Waals surface area contributed by atoms with Crippen molar-refractivity contribution in [2.24, 2.45) is 11.3 Å². The van der Waals surface area contributed by atoms with Crippen molar-refractivity contribution in [3.63, 3.8) is 0 Å². The summed E-state index contributed by atoms with van der Waals surface area (Å²) < 4.78 is 0. The zero-order chi connectivity index (χ0) is 11.4. The largest absolute Gasteiger partial charge is 0.355 e. The van der Waals surface area contributed by atoms with Crippen LogP contribution in [0.4, 0.5) is 0 Å². The molecule has 1 aliphatic heterocycles. The van der Waals surface area contributed by atoms with Gasteiger partial charge in [0.25, 0.3) is 0 Å². The van der Waals surface area contributed by atoms with Crippen LogP contribution in [0.2, 0.25) is 0 Å². The molecule has 16 heavy (non-hydrogen) atoms. The lowest BCUT2D eigenvalue weighted by molar-refractivity contribution is -0.125. The van der Waals surface area contributed by atoms with Crippen LogP contribution in [0.3, 0.4) is 0 Å². The smallest absolute Gasteiger partial charge is 0.224 e. The van der Waals surface area contributed by atoms with Crippen molar-refractivity contribution in [1.29, 1.82) is 0 Å². The Morgan fingerprint density at radius 2 is 2.31 bits per heavy atom. The second-order valence-corrected chi connectivity index (χ2v) is 5.51. The summed E-state index contributed by atoms with van der Waals surface area (Å²) in [7, 11) is 0. The number of nitrogens with one attached hydrogen (secondary N) is 2. The molecule has 1 heterocycles. The Morgan fingerprint density at radius 1 is 1.50 bits per heavy atom. The van der Waals surface area contributed by atoms with E-state index in [4.69, 9.17) is 0 Å². The summed E-state index contributed by atoms with van der Waals surface area (Å²) in [5.41, 5.74) is 0.455.